The summed E-state index contributed by atoms with van der Waals surface area (Å²) in [7, 11) is -1.34. The van der Waals surface area contributed by atoms with Crippen LogP contribution < -0.4 is 4.31 Å². The van der Waals surface area contributed by atoms with Crippen LogP contribution in [-0.2, 0) is 16.6 Å². The quantitative estimate of drug-likeness (QED) is 0.795. The lowest BCUT2D eigenvalue weighted by atomic mass is 10.2. The predicted molar refractivity (Wildman–Crippen MR) is 75.5 cm³/mol. The Morgan fingerprint density at radius 3 is 2.42 bits per heavy atom. The molecule has 2 heterocycles. The Kier molecular flexibility index (Phi) is 3.24. The van der Waals surface area contributed by atoms with Crippen molar-refractivity contribution in [2.45, 2.75) is 6.42 Å². The fourth-order valence-corrected chi connectivity index (χ4v) is 4.36. The Bertz CT molecular complexity index is 565. The molecule has 0 saturated carbocycles. The summed E-state index contributed by atoms with van der Waals surface area (Å²) in [5.74, 6) is 0. The molecule has 0 aromatic heterocycles. The molecule has 0 aliphatic carbocycles. The van der Waals surface area contributed by atoms with E-state index in [1.165, 1.54) is 0 Å². The van der Waals surface area contributed by atoms with Crippen molar-refractivity contribution in [3.63, 3.8) is 0 Å². The Balaban J connectivity index is 1.86. The van der Waals surface area contributed by atoms with E-state index in [0.29, 0.717) is 19.6 Å². The number of nitrogens with zero attached hydrogens (tertiary/aromatic N) is 3. The summed E-state index contributed by atoms with van der Waals surface area (Å²) >= 11 is 0. The zero-order chi connectivity index (χ0) is 13.5. The van der Waals surface area contributed by atoms with E-state index in [9.17, 15) is 8.42 Å². The average molecular weight is 281 g/mol. The van der Waals surface area contributed by atoms with Gasteiger partial charge in [0.1, 0.15) is 0 Å². The number of piperazine rings is 1. The van der Waals surface area contributed by atoms with Gasteiger partial charge in [0.2, 0.25) is 0 Å². The Morgan fingerprint density at radius 2 is 1.68 bits per heavy atom. The van der Waals surface area contributed by atoms with Crippen molar-refractivity contribution in [3.8, 4) is 0 Å². The van der Waals surface area contributed by atoms with Gasteiger partial charge in [0, 0.05) is 32.7 Å². The minimum absolute atomic E-state index is 0.564. The van der Waals surface area contributed by atoms with Crippen molar-refractivity contribution in [3.05, 3.63) is 29.8 Å². The van der Waals surface area contributed by atoms with Crippen LogP contribution in [0.25, 0.3) is 0 Å². The second-order valence-electron chi connectivity index (χ2n) is 5.16. The van der Waals surface area contributed by atoms with Crippen LogP contribution in [0.4, 0.5) is 5.69 Å². The fraction of sp³-hybridized carbons (Fsp3) is 0.538. The smallest absolute Gasteiger partial charge is 0.304 e. The molecule has 0 radical (unpaired) electrons. The third-order valence-electron chi connectivity index (χ3n) is 3.91. The maximum absolute atomic E-state index is 12.7. The second-order valence-corrected chi connectivity index (χ2v) is 7.01. The van der Waals surface area contributed by atoms with Crippen LogP contribution in [0.5, 0.6) is 0 Å². The number of para-hydroxylation sites is 1. The van der Waals surface area contributed by atoms with Gasteiger partial charge in [0.05, 0.1) is 5.69 Å². The second kappa shape index (κ2) is 4.77. The van der Waals surface area contributed by atoms with Crippen LogP contribution in [0.1, 0.15) is 5.56 Å². The molecular formula is C13H19N3O2S. The molecule has 104 valence electrons. The van der Waals surface area contributed by atoms with Crippen molar-refractivity contribution in [2.75, 3.05) is 44.1 Å². The topological polar surface area (TPSA) is 43.9 Å². The first-order valence-electron chi connectivity index (χ1n) is 6.63. The van der Waals surface area contributed by atoms with Gasteiger partial charge in [-0.25, -0.2) is 0 Å². The van der Waals surface area contributed by atoms with E-state index >= 15 is 0 Å². The average Bonchev–Trinajstić information content (AvgIpc) is 2.83. The van der Waals surface area contributed by atoms with Crippen molar-refractivity contribution in [1.29, 1.82) is 0 Å². The summed E-state index contributed by atoms with van der Waals surface area (Å²) in [4.78, 5) is 2.16. The molecule has 1 saturated heterocycles. The summed E-state index contributed by atoms with van der Waals surface area (Å²) in [5.41, 5.74) is 1.97. The minimum atomic E-state index is -3.36. The molecule has 1 aromatic rings. The highest BCUT2D eigenvalue weighted by Gasteiger charge is 2.35. The van der Waals surface area contributed by atoms with Crippen molar-refractivity contribution < 1.29 is 8.42 Å². The van der Waals surface area contributed by atoms with E-state index in [-0.39, 0.29) is 0 Å². The normalized spacial score (nSPS) is 21.6. The van der Waals surface area contributed by atoms with Crippen LogP contribution in [0.2, 0.25) is 0 Å². The van der Waals surface area contributed by atoms with Crippen LogP contribution >= 0.6 is 0 Å². The van der Waals surface area contributed by atoms with Crippen LogP contribution in [-0.4, -0.2) is 57.4 Å². The van der Waals surface area contributed by atoms with Gasteiger partial charge in [-0.15, -0.1) is 0 Å². The standard InChI is InChI=1S/C13H19N3O2S/c1-14-8-10-15(11-9-14)19(17,18)16-7-6-12-4-2-3-5-13(12)16/h2-5H,6-11H2,1H3. The molecule has 1 aromatic carbocycles. The number of likely N-dealkylation sites (N-methyl/N-ethyl adjacent to an activating group) is 1. The molecule has 0 bridgehead atoms. The molecule has 5 nitrogen and oxygen atoms in total. The molecule has 0 amide bonds. The minimum Gasteiger partial charge on any atom is -0.304 e. The van der Waals surface area contributed by atoms with Gasteiger partial charge < -0.3 is 4.90 Å². The number of fused-ring (bicyclic) bond motifs is 1. The van der Waals surface area contributed by atoms with Crippen molar-refractivity contribution in [1.82, 2.24) is 9.21 Å². The maximum Gasteiger partial charge on any atom is 0.304 e. The Labute approximate surface area is 114 Å². The predicted octanol–water partition coefficient (Wildman–Crippen LogP) is 0.541. The summed E-state index contributed by atoms with van der Waals surface area (Å²) < 4.78 is 28.6. The molecule has 6 heteroatoms. The largest absolute Gasteiger partial charge is 0.304 e. The number of benzene rings is 1. The van der Waals surface area contributed by atoms with E-state index in [4.69, 9.17) is 0 Å². The molecule has 1 fully saturated rings. The molecule has 0 atom stereocenters. The van der Waals surface area contributed by atoms with Gasteiger partial charge in [-0.3, -0.25) is 4.31 Å². The lowest BCUT2D eigenvalue weighted by Crippen LogP contribution is -2.51. The molecule has 19 heavy (non-hydrogen) atoms. The van der Waals surface area contributed by atoms with Crippen LogP contribution in [0.15, 0.2) is 24.3 Å². The van der Waals surface area contributed by atoms with Gasteiger partial charge in [-0.2, -0.15) is 12.7 Å². The van der Waals surface area contributed by atoms with Crippen LogP contribution in [0, 0.1) is 0 Å². The van der Waals surface area contributed by atoms with Crippen molar-refractivity contribution >= 4 is 15.9 Å². The first kappa shape index (κ1) is 12.9. The summed E-state index contributed by atoms with van der Waals surface area (Å²) in [6.07, 6.45) is 0.809. The van der Waals surface area contributed by atoms with E-state index in [1.807, 2.05) is 31.3 Å². The van der Waals surface area contributed by atoms with Gasteiger partial charge in [0.15, 0.2) is 0 Å². The fourth-order valence-electron chi connectivity index (χ4n) is 2.71. The number of hydrogen-bond acceptors (Lipinski definition) is 3. The first-order chi connectivity index (χ1) is 9.09. The third kappa shape index (κ3) is 2.24. The molecule has 0 spiro atoms. The number of anilines is 1. The first-order valence-corrected chi connectivity index (χ1v) is 8.03. The van der Waals surface area contributed by atoms with Crippen LogP contribution in [0.3, 0.4) is 0 Å². The molecule has 2 aliphatic rings. The SMILES string of the molecule is CN1CCN(S(=O)(=O)N2CCc3ccccc32)CC1. The maximum atomic E-state index is 12.7. The third-order valence-corrected chi connectivity index (χ3v) is 5.87. The van der Waals surface area contributed by atoms with Gasteiger partial charge in [-0.05, 0) is 25.1 Å². The summed E-state index contributed by atoms with van der Waals surface area (Å²) in [5, 5.41) is 0. The van der Waals surface area contributed by atoms with Gasteiger partial charge in [0.25, 0.3) is 0 Å². The molecule has 0 unspecified atom stereocenters. The number of rotatable bonds is 2. The zero-order valence-corrected chi connectivity index (χ0v) is 11.9. The van der Waals surface area contributed by atoms with Gasteiger partial charge in [-0.1, -0.05) is 18.2 Å². The van der Waals surface area contributed by atoms with Gasteiger partial charge >= 0.3 is 10.2 Å². The highest BCUT2D eigenvalue weighted by Crippen LogP contribution is 2.31. The lowest BCUT2D eigenvalue weighted by molar-refractivity contribution is 0.222. The summed E-state index contributed by atoms with van der Waals surface area (Å²) in [6, 6.07) is 7.77. The highest BCUT2D eigenvalue weighted by molar-refractivity contribution is 7.90. The Morgan fingerprint density at radius 1 is 1.00 bits per heavy atom. The molecule has 2 aliphatic heterocycles. The molecule has 3 rings (SSSR count). The van der Waals surface area contributed by atoms with Crippen molar-refractivity contribution in [2.24, 2.45) is 0 Å². The highest BCUT2D eigenvalue weighted by atomic mass is 32.2. The Hall–Kier alpha value is -1.11. The van der Waals surface area contributed by atoms with E-state index in [2.05, 4.69) is 4.90 Å². The monoisotopic (exact) mass is 281 g/mol. The van der Waals surface area contributed by atoms with E-state index in [1.54, 1.807) is 8.61 Å². The zero-order valence-electron chi connectivity index (χ0n) is 11.1. The van der Waals surface area contributed by atoms with E-state index < -0.39 is 10.2 Å². The molecule has 0 N–H and O–H groups in total. The lowest BCUT2D eigenvalue weighted by Gasteiger charge is -2.34. The summed E-state index contributed by atoms with van der Waals surface area (Å²) in [6.45, 7) is 3.33. The number of hydrogen-bond donors (Lipinski definition) is 0. The molecular weight excluding hydrogens is 262 g/mol. The van der Waals surface area contributed by atoms with E-state index in [0.717, 1.165) is 30.8 Å².